The molecule has 6 nitrogen and oxygen atoms in total. The van der Waals surface area contributed by atoms with Gasteiger partial charge in [0.1, 0.15) is 6.33 Å². The number of rotatable bonds is 5. The highest BCUT2D eigenvalue weighted by molar-refractivity contribution is 5.93. The summed E-state index contributed by atoms with van der Waals surface area (Å²) in [5.41, 5.74) is 0.462. The molecular formula is C12H18N4O2. The molecule has 1 atom stereocenters. The summed E-state index contributed by atoms with van der Waals surface area (Å²) in [7, 11) is 0. The van der Waals surface area contributed by atoms with E-state index >= 15 is 0 Å². The van der Waals surface area contributed by atoms with Crippen LogP contribution in [-0.2, 0) is 0 Å². The van der Waals surface area contributed by atoms with Crippen LogP contribution in [0.3, 0.4) is 0 Å². The van der Waals surface area contributed by atoms with Gasteiger partial charge in [0.05, 0.1) is 12.2 Å². The molecule has 98 valence electrons. The van der Waals surface area contributed by atoms with Crippen molar-refractivity contribution in [2.75, 3.05) is 26.2 Å². The van der Waals surface area contributed by atoms with Crippen molar-refractivity contribution in [2.45, 2.75) is 18.9 Å². The number of carbonyl (C=O) groups excluding carboxylic acids is 1. The van der Waals surface area contributed by atoms with E-state index in [1.165, 1.54) is 18.7 Å². The summed E-state index contributed by atoms with van der Waals surface area (Å²) in [6.45, 7) is 1.92. The van der Waals surface area contributed by atoms with Crippen molar-refractivity contribution in [3.63, 3.8) is 0 Å². The van der Waals surface area contributed by atoms with E-state index < -0.39 is 0 Å². The highest BCUT2D eigenvalue weighted by Crippen LogP contribution is 2.09. The van der Waals surface area contributed by atoms with Gasteiger partial charge in [-0.2, -0.15) is 0 Å². The number of aromatic nitrogens is 2. The van der Waals surface area contributed by atoms with Crippen molar-refractivity contribution in [2.24, 2.45) is 0 Å². The maximum atomic E-state index is 12.2. The SMILES string of the molecule is O=C(c1cncnc1)N(CCO)CC1CCCN1. The van der Waals surface area contributed by atoms with Crippen LogP contribution in [-0.4, -0.2) is 58.2 Å². The van der Waals surface area contributed by atoms with Gasteiger partial charge in [0.25, 0.3) is 5.91 Å². The number of nitrogens with one attached hydrogen (secondary N) is 1. The van der Waals surface area contributed by atoms with E-state index in [1.54, 1.807) is 4.90 Å². The van der Waals surface area contributed by atoms with E-state index in [2.05, 4.69) is 15.3 Å². The van der Waals surface area contributed by atoms with Crippen molar-refractivity contribution < 1.29 is 9.90 Å². The van der Waals surface area contributed by atoms with Gasteiger partial charge < -0.3 is 15.3 Å². The zero-order valence-corrected chi connectivity index (χ0v) is 10.2. The lowest BCUT2D eigenvalue weighted by atomic mass is 10.2. The molecule has 1 amide bonds. The third kappa shape index (κ3) is 3.24. The normalized spacial score (nSPS) is 18.8. The Morgan fingerprint density at radius 2 is 2.28 bits per heavy atom. The molecular weight excluding hydrogens is 232 g/mol. The third-order valence-electron chi connectivity index (χ3n) is 3.07. The highest BCUT2D eigenvalue weighted by Gasteiger charge is 2.22. The zero-order valence-electron chi connectivity index (χ0n) is 10.2. The van der Waals surface area contributed by atoms with E-state index in [0.717, 1.165) is 19.4 Å². The van der Waals surface area contributed by atoms with Crippen molar-refractivity contribution >= 4 is 5.91 Å². The second-order valence-electron chi connectivity index (χ2n) is 4.40. The summed E-state index contributed by atoms with van der Waals surface area (Å²) in [6.07, 6.45) is 6.61. The molecule has 1 aromatic rings. The standard InChI is InChI=1S/C12H18N4O2/c17-5-4-16(8-11-2-1-3-15-11)12(18)10-6-13-9-14-7-10/h6-7,9,11,15,17H,1-5,8H2. The molecule has 1 aromatic heterocycles. The Kier molecular flexibility index (Phi) is 4.60. The van der Waals surface area contributed by atoms with E-state index in [0.29, 0.717) is 24.7 Å². The number of nitrogens with zero attached hydrogens (tertiary/aromatic N) is 3. The van der Waals surface area contributed by atoms with Crippen molar-refractivity contribution in [1.29, 1.82) is 0 Å². The van der Waals surface area contributed by atoms with Crippen LogP contribution < -0.4 is 5.32 Å². The molecule has 0 aliphatic carbocycles. The van der Waals surface area contributed by atoms with Gasteiger partial charge in [0.2, 0.25) is 0 Å². The fourth-order valence-corrected chi connectivity index (χ4v) is 2.17. The van der Waals surface area contributed by atoms with Crippen LogP contribution >= 0.6 is 0 Å². The average molecular weight is 250 g/mol. The van der Waals surface area contributed by atoms with Gasteiger partial charge in [0, 0.05) is 31.5 Å². The van der Waals surface area contributed by atoms with Gasteiger partial charge >= 0.3 is 0 Å². The number of carbonyl (C=O) groups is 1. The van der Waals surface area contributed by atoms with Crippen LogP contribution in [0.15, 0.2) is 18.7 Å². The summed E-state index contributed by atoms with van der Waals surface area (Å²) in [5.74, 6) is -0.127. The van der Waals surface area contributed by atoms with E-state index in [9.17, 15) is 4.79 Å². The average Bonchev–Trinajstić information content (AvgIpc) is 2.91. The Morgan fingerprint density at radius 3 is 2.89 bits per heavy atom. The van der Waals surface area contributed by atoms with Gasteiger partial charge in [-0.1, -0.05) is 0 Å². The Bertz CT molecular complexity index is 379. The summed E-state index contributed by atoms with van der Waals surface area (Å²) >= 11 is 0. The first kappa shape index (κ1) is 12.9. The Balaban J connectivity index is 2.02. The first-order valence-corrected chi connectivity index (χ1v) is 6.20. The number of hydrogen-bond donors (Lipinski definition) is 2. The molecule has 1 aliphatic heterocycles. The zero-order chi connectivity index (χ0) is 12.8. The van der Waals surface area contributed by atoms with Crippen LogP contribution in [0.25, 0.3) is 0 Å². The molecule has 0 aromatic carbocycles. The topological polar surface area (TPSA) is 78.4 Å². The first-order valence-electron chi connectivity index (χ1n) is 6.20. The molecule has 0 spiro atoms. The second-order valence-corrected chi connectivity index (χ2v) is 4.40. The smallest absolute Gasteiger partial charge is 0.257 e. The maximum absolute atomic E-state index is 12.2. The van der Waals surface area contributed by atoms with Crippen molar-refractivity contribution in [3.8, 4) is 0 Å². The van der Waals surface area contributed by atoms with Crippen molar-refractivity contribution in [3.05, 3.63) is 24.3 Å². The van der Waals surface area contributed by atoms with E-state index in [1.807, 2.05) is 0 Å². The fraction of sp³-hybridized carbons (Fsp3) is 0.583. The molecule has 2 N–H and O–H groups in total. The van der Waals surface area contributed by atoms with Crippen LogP contribution in [0.2, 0.25) is 0 Å². The molecule has 18 heavy (non-hydrogen) atoms. The monoisotopic (exact) mass is 250 g/mol. The molecule has 0 radical (unpaired) electrons. The predicted octanol–water partition coefficient (Wildman–Crippen LogP) is -0.337. The van der Waals surface area contributed by atoms with Gasteiger partial charge in [0.15, 0.2) is 0 Å². The molecule has 0 bridgehead atoms. The Hall–Kier alpha value is -1.53. The summed E-state index contributed by atoms with van der Waals surface area (Å²) in [5, 5.41) is 12.4. The predicted molar refractivity (Wildman–Crippen MR) is 66.0 cm³/mol. The molecule has 2 rings (SSSR count). The minimum atomic E-state index is -0.127. The summed E-state index contributed by atoms with van der Waals surface area (Å²) in [6, 6.07) is 0.324. The number of hydrogen-bond acceptors (Lipinski definition) is 5. The van der Waals surface area contributed by atoms with Gasteiger partial charge in [-0.25, -0.2) is 9.97 Å². The molecule has 1 fully saturated rings. The third-order valence-corrected chi connectivity index (χ3v) is 3.07. The minimum absolute atomic E-state index is 0.0356. The van der Waals surface area contributed by atoms with Crippen LogP contribution in [0.1, 0.15) is 23.2 Å². The molecule has 0 saturated carbocycles. The number of aliphatic hydroxyl groups excluding tert-OH is 1. The lowest BCUT2D eigenvalue weighted by Crippen LogP contribution is -2.42. The number of aliphatic hydroxyl groups is 1. The van der Waals surface area contributed by atoms with Gasteiger partial charge in [-0.15, -0.1) is 0 Å². The quantitative estimate of drug-likeness (QED) is 0.747. The minimum Gasteiger partial charge on any atom is -0.395 e. The molecule has 2 heterocycles. The summed E-state index contributed by atoms with van der Waals surface area (Å²) in [4.78, 5) is 21.6. The lowest BCUT2D eigenvalue weighted by Gasteiger charge is -2.25. The van der Waals surface area contributed by atoms with Gasteiger partial charge in [-0.05, 0) is 19.4 Å². The molecule has 1 unspecified atom stereocenters. The van der Waals surface area contributed by atoms with Crippen LogP contribution in [0, 0.1) is 0 Å². The Morgan fingerprint density at radius 1 is 1.50 bits per heavy atom. The largest absolute Gasteiger partial charge is 0.395 e. The van der Waals surface area contributed by atoms with E-state index in [-0.39, 0.29) is 12.5 Å². The fourth-order valence-electron chi connectivity index (χ4n) is 2.17. The first-order chi connectivity index (χ1) is 8.81. The summed E-state index contributed by atoms with van der Waals surface area (Å²) < 4.78 is 0. The molecule has 1 aliphatic rings. The highest BCUT2D eigenvalue weighted by atomic mass is 16.3. The molecule has 6 heteroatoms. The molecule has 1 saturated heterocycles. The second kappa shape index (κ2) is 6.42. The Labute approximate surface area is 106 Å². The van der Waals surface area contributed by atoms with E-state index in [4.69, 9.17) is 5.11 Å². The van der Waals surface area contributed by atoms with Gasteiger partial charge in [-0.3, -0.25) is 4.79 Å². The maximum Gasteiger partial charge on any atom is 0.257 e. The lowest BCUT2D eigenvalue weighted by molar-refractivity contribution is 0.0705. The van der Waals surface area contributed by atoms with Crippen LogP contribution in [0.4, 0.5) is 0 Å². The van der Waals surface area contributed by atoms with Crippen molar-refractivity contribution in [1.82, 2.24) is 20.2 Å². The van der Waals surface area contributed by atoms with Crippen LogP contribution in [0.5, 0.6) is 0 Å². The number of amides is 1.